The lowest BCUT2D eigenvalue weighted by Crippen LogP contribution is -2.46. The first-order chi connectivity index (χ1) is 8.60. The Morgan fingerprint density at radius 3 is 2.61 bits per heavy atom. The lowest BCUT2D eigenvalue weighted by atomic mass is 10.1. The largest absolute Gasteiger partial charge is 0.372 e. The third-order valence-electron chi connectivity index (χ3n) is 3.02. The highest BCUT2D eigenvalue weighted by molar-refractivity contribution is 9.09. The van der Waals surface area contributed by atoms with Crippen LogP contribution in [0.15, 0.2) is 18.2 Å². The molecule has 1 fully saturated rings. The lowest BCUT2D eigenvalue weighted by molar-refractivity contribution is -0.0682. The molecule has 0 aromatic heterocycles. The fourth-order valence-corrected chi connectivity index (χ4v) is 2.62. The van der Waals surface area contributed by atoms with Crippen molar-refractivity contribution in [3.8, 4) is 0 Å². The van der Waals surface area contributed by atoms with Gasteiger partial charge in [0.1, 0.15) is 11.6 Å². The number of benzene rings is 1. The van der Waals surface area contributed by atoms with E-state index in [1.807, 2.05) is 11.8 Å². The summed E-state index contributed by atoms with van der Waals surface area (Å²) in [7, 11) is 0. The third kappa shape index (κ3) is 3.28. The molecule has 2 nitrogen and oxygen atoms in total. The van der Waals surface area contributed by atoms with Crippen LogP contribution in [0.5, 0.6) is 0 Å². The minimum Gasteiger partial charge on any atom is -0.372 e. The van der Waals surface area contributed by atoms with Gasteiger partial charge in [-0.2, -0.15) is 0 Å². The van der Waals surface area contributed by atoms with Gasteiger partial charge in [-0.25, -0.2) is 8.78 Å². The zero-order valence-corrected chi connectivity index (χ0v) is 11.8. The van der Waals surface area contributed by atoms with Crippen molar-refractivity contribution >= 4 is 15.9 Å². The number of rotatable bonds is 3. The maximum absolute atomic E-state index is 13.6. The van der Waals surface area contributed by atoms with E-state index in [-0.39, 0.29) is 24.3 Å². The summed E-state index contributed by atoms with van der Waals surface area (Å²) in [6.07, 6.45) is 0.153. The summed E-state index contributed by atoms with van der Waals surface area (Å²) in [5.41, 5.74) is 0.139. The zero-order chi connectivity index (χ0) is 13.1. The first kappa shape index (κ1) is 13.9. The van der Waals surface area contributed by atoms with Crippen molar-refractivity contribution in [1.29, 1.82) is 0 Å². The second-order valence-corrected chi connectivity index (χ2v) is 5.26. The Morgan fingerprint density at radius 1 is 1.33 bits per heavy atom. The normalized spacial score (nSPS) is 25.3. The number of morpholine rings is 1. The van der Waals surface area contributed by atoms with Gasteiger partial charge in [-0.05, 0) is 19.1 Å². The van der Waals surface area contributed by atoms with E-state index < -0.39 is 11.6 Å². The van der Waals surface area contributed by atoms with Crippen LogP contribution < -0.4 is 0 Å². The van der Waals surface area contributed by atoms with Crippen LogP contribution in [0.2, 0.25) is 0 Å². The van der Waals surface area contributed by atoms with Crippen molar-refractivity contribution in [2.45, 2.75) is 25.7 Å². The summed E-state index contributed by atoms with van der Waals surface area (Å²) < 4.78 is 32.8. The number of halogens is 3. The maximum atomic E-state index is 13.6. The molecule has 18 heavy (non-hydrogen) atoms. The van der Waals surface area contributed by atoms with Crippen LogP contribution in [0.4, 0.5) is 8.78 Å². The molecule has 1 heterocycles. The fourth-order valence-electron chi connectivity index (χ4n) is 2.26. The van der Waals surface area contributed by atoms with E-state index in [4.69, 9.17) is 4.74 Å². The molecule has 0 amide bonds. The summed E-state index contributed by atoms with van der Waals surface area (Å²) >= 11 is 3.38. The number of alkyl halides is 1. The van der Waals surface area contributed by atoms with Crippen molar-refractivity contribution in [3.05, 3.63) is 35.4 Å². The molecule has 0 saturated carbocycles. The Bertz CT molecular complexity index is 396. The van der Waals surface area contributed by atoms with Gasteiger partial charge in [0.05, 0.1) is 12.2 Å². The van der Waals surface area contributed by atoms with Crippen LogP contribution in [0.25, 0.3) is 0 Å². The molecule has 2 unspecified atom stereocenters. The zero-order valence-electron chi connectivity index (χ0n) is 10.2. The van der Waals surface area contributed by atoms with Crippen LogP contribution >= 0.6 is 15.9 Å². The number of ether oxygens (including phenoxy) is 1. The molecule has 2 atom stereocenters. The number of hydrogen-bond acceptors (Lipinski definition) is 2. The molecule has 100 valence electrons. The third-order valence-corrected chi connectivity index (χ3v) is 3.74. The summed E-state index contributed by atoms with van der Waals surface area (Å²) in [4.78, 5) is 2.03. The van der Waals surface area contributed by atoms with Gasteiger partial charge in [-0.1, -0.05) is 22.0 Å². The molecule has 1 aromatic rings. The van der Waals surface area contributed by atoms with Crippen molar-refractivity contribution in [1.82, 2.24) is 4.90 Å². The molecule has 0 bridgehead atoms. The van der Waals surface area contributed by atoms with Gasteiger partial charge in [0.25, 0.3) is 0 Å². The Labute approximate surface area is 114 Å². The minimum absolute atomic E-state index is 0.0728. The molecule has 1 aliphatic heterocycles. The van der Waals surface area contributed by atoms with Crippen LogP contribution in [-0.4, -0.2) is 35.5 Å². The van der Waals surface area contributed by atoms with Crippen molar-refractivity contribution in [2.24, 2.45) is 0 Å². The highest BCUT2D eigenvalue weighted by atomic mass is 79.9. The fraction of sp³-hybridized carbons (Fsp3) is 0.538. The quantitative estimate of drug-likeness (QED) is 0.794. The van der Waals surface area contributed by atoms with Gasteiger partial charge in [0, 0.05) is 30.5 Å². The molecule has 0 spiro atoms. The first-order valence-corrected chi connectivity index (χ1v) is 7.09. The van der Waals surface area contributed by atoms with E-state index in [2.05, 4.69) is 15.9 Å². The Balaban J connectivity index is 2.08. The molecule has 0 aliphatic carbocycles. The van der Waals surface area contributed by atoms with E-state index in [0.29, 0.717) is 13.1 Å². The smallest absolute Gasteiger partial charge is 0.130 e. The average Bonchev–Trinajstić information content (AvgIpc) is 2.33. The Morgan fingerprint density at radius 2 is 2.00 bits per heavy atom. The molecule has 2 rings (SSSR count). The molecule has 0 N–H and O–H groups in total. The molecule has 0 radical (unpaired) electrons. The van der Waals surface area contributed by atoms with Gasteiger partial charge >= 0.3 is 0 Å². The van der Waals surface area contributed by atoms with Crippen LogP contribution in [0.3, 0.4) is 0 Å². The van der Waals surface area contributed by atoms with E-state index in [1.165, 1.54) is 18.2 Å². The van der Waals surface area contributed by atoms with E-state index in [0.717, 1.165) is 5.33 Å². The Kier molecular flexibility index (Phi) is 4.70. The molecule has 1 saturated heterocycles. The average molecular weight is 320 g/mol. The van der Waals surface area contributed by atoms with Crippen molar-refractivity contribution < 1.29 is 13.5 Å². The maximum Gasteiger partial charge on any atom is 0.130 e. The van der Waals surface area contributed by atoms with Crippen molar-refractivity contribution in [3.63, 3.8) is 0 Å². The Hall–Kier alpha value is -0.520. The van der Waals surface area contributed by atoms with Gasteiger partial charge in [0.15, 0.2) is 0 Å². The molecular weight excluding hydrogens is 304 g/mol. The molecule has 5 heteroatoms. The van der Waals surface area contributed by atoms with Crippen LogP contribution in [-0.2, 0) is 11.3 Å². The summed E-state index contributed by atoms with van der Waals surface area (Å²) in [5.74, 6) is -0.964. The van der Waals surface area contributed by atoms with Crippen LogP contribution in [0.1, 0.15) is 12.5 Å². The predicted octanol–water partition coefficient (Wildman–Crippen LogP) is 2.95. The number of hydrogen-bond donors (Lipinski definition) is 0. The highest BCUT2D eigenvalue weighted by Crippen LogP contribution is 2.19. The van der Waals surface area contributed by atoms with E-state index in [1.54, 1.807) is 0 Å². The second kappa shape index (κ2) is 6.08. The molecule has 1 aliphatic rings. The second-order valence-electron chi connectivity index (χ2n) is 4.62. The van der Waals surface area contributed by atoms with E-state index >= 15 is 0 Å². The van der Waals surface area contributed by atoms with E-state index in [9.17, 15) is 8.78 Å². The summed E-state index contributed by atoms with van der Waals surface area (Å²) in [5, 5.41) is 0.730. The number of nitrogens with zero attached hydrogens (tertiary/aromatic N) is 1. The van der Waals surface area contributed by atoms with Gasteiger partial charge in [0.2, 0.25) is 0 Å². The monoisotopic (exact) mass is 319 g/mol. The predicted molar refractivity (Wildman–Crippen MR) is 69.8 cm³/mol. The van der Waals surface area contributed by atoms with Crippen LogP contribution in [0, 0.1) is 11.6 Å². The first-order valence-electron chi connectivity index (χ1n) is 5.96. The topological polar surface area (TPSA) is 12.5 Å². The molecular formula is C13H16BrF2NO. The summed E-state index contributed by atoms with van der Waals surface area (Å²) in [6, 6.07) is 3.98. The van der Waals surface area contributed by atoms with Crippen molar-refractivity contribution in [2.75, 3.05) is 18.4 Å². The SMILES string of the molecule is CC1CN(Cc2c(F)cccc2F)CC(CBr)O1. The molecule has 1 aromatic carbocycles. The van der Waals surface area contributed by atoms with Gasteiger partial charge < -0.3 is 4.74 Å². The highest BCUT2D eigenvalue weighted by Gasteiger charge is 2.25. The standard InChI is InChI=1S/C13H16BrF2NO/c1-9-6-17(7-10(5-14)18-9)8-11-12(15)3-2-4-13(11)16/h2-4,9-10H,5-8H2,1H3. The van der Waals surface area contributed by atoms with Gasteiger partial charge in [-0.3, -0.25) is 4.90 Å². The minimum atomic E-state index is -0.482. The van der Waals surface area contributed by atoms with Gasteiger partial charge in [-0.15, -0.1) is 0 Å². The summed E-state index contributed by atoms with van der Waals surface area (Å²) in [6.45, 7) is 3.63. The lowest BCUT2D eigenvalue weighted by Gasteiger charge is -2.36.